The lowest BCUT2D eigenvalue weighted by atomic mass is 9.79. The number of hydrogen-bond acceptors (Lipinski definition) is 7. The van der Waals surface area contributed by atoms with E-state index in [1.165, 1.54) is 68.2 Å². The highest BCUT2D eigenvalue weighted by molar-refractivity contribution is 5.93. The number of piperazine rings is 1. The van der Waals surface area contributed by atoms with Crippen LogP contribution in [0.2, 0.25) is 0 Å². The van der Waals surface area contributed by atoms with Crippen molar-refractivity contribution >= 4 is 17.9 Å². The summed E-state index contributed by atoms with van der Waals surface area (Å²) in [4.78, 5) is 41.3. The van der Waals surface area contributed by atoms with Crippen LogP contribution in [-0.2, 0) is 9.47 Å². The van der Waals surface area contributed by atoms with Crippen molar-refractivity contribution in [3.05, 3.63) is 35.6 Å². The third kappa shape index (κ3) is 9.41. The third-order valence-electron chi connectivity index (χ3n) is 11.7. The van der Waals surface area contributed by atoms with Crippen LogP contribution in [0.25, 0.3) is 0 Å². The molecule has 3 fully saturated rings. The van der Waals surface area contributed by atoms with E-state index < -0.39 is 11.2 Å². The van der Waals surface area contributed by atoms with Crippen molar-refractivity contribution in [2.24, 2.45) is 16.8 Å². The van der Waals surface area contributed by atoms with E-state index in [4.69, 9.17) is 14.5 Å². The van der Waals surface area contributed by atoms with Crippen molar-refractivity contribution in [2.45, 2.75) is 148 Å². The molecule has 6 rings (SSSR count). The molecule has 0 N–H and O–H groups in total. The number of ether oxygens (including phenoxy) is 2. The summed E-state index contributed by atoms with van der Waals surface area (Å²) in [5, 5.41) is 0. The average Bonchev–Trinajstić information content (AvgIpc) is 3.32. The minimum atomic E-state index is -0.561. The Kier molecular flexibility index (Phi) is 11.8. The molecule has 2 unspecified atom stereocenters. The Morgan fingerprint density at radius 1 is 0.840 bits per heavy atom. The van der Waals surface area contributed by atoms with Gasteiger partial charge in [0, 0.05) is 69.8 Å². The van der Waals surface area contributed by atoms with Crippen molar-refractivity contribution in [2.75, 3.05) is 45.8 Å². The second-order valence-electron chi connectivity index (χ2n) is 17.8. The van der Waals surface area contributed by atoms with Crippen molar-refractivity contribution in [3.8, 4) is 0 Å². The van der Waals surface area contributed by atoms with Crippen LogP contribution in [-0.4, -0.2) is 113 Å². The molecule has 50 heavy (non-hydrogen) atoms. The van der Waals surface area contributed by atoms with Gasteiger partial charge in [0.15, 0.2) is 0 Å². The van der Waals surface area contributed by atoms with Crippen LogP contribution in [0, 0.1) is 11.8 Å². The summed E-state index contributed by atoms with van der Waals surface area (Å²) in [5.74, 6) is 1.26. The first-order valence-electron chi connectivity index (χ1n) is 19.9. The van der Waals surface area contributed by atoms with Crippen molar-refractivity contribution in [1.29, 1.82) is 0 Å². The van der Waals surface area contributed by atoms with Crippen LogP contribution in [0.4, 0.5) is 9.59 Å². The molecule has 3 aliphatic heterocycles. The second-order valence-corrected chi connectivity index (χ2v) is 17.8. The molecule has 0 aromatic rings. The molecule has 278 valence electrons. The van der Waals surface area contributed by atoms with Crippen molar-refractivity contribution < 1.29 is 19.1 Å². The maximum Gasteiger partial charge on any atom is 0.410 e. The summed E-state index contributed by atoms with van der Waals surface area (Å²) in [6.45, 7) is 17.2. The van der Waals surface area contributed by atoms with Gasteiger partial charge in [0.25, 0.3) is 0 Å². The predicted molar refractivity (Wildman–Crippen MR) is 200 cm³/mol. The van der Waals surface area contributed by atoms with Gasteiger partial charge in [-0.2, -0.15) is 0 Å². The summed E-state index contributed by atoms with van der Waals surface area (Å²) in [6, 6.07) is 0.630. The molecule has 2 amide bonds. The van der Waals surface area contributed by atoms with Crippen LogP contribution in [0.5, 0.6) is 0 Å². The van der Waals surface area contributed by atoms with Crippen LogP contribution in [0.3, 0.4) is 0 Å². The fourth-order valence-electron chi connectivity index (χ4n) is 9.30. The first kappa shape index (κ1) is 37.1. The zero-order valence-electron chi connectivity index (χ0n) is 32.0. The van der Waals surface area contributed by atoms with Gasteiger partial charge in [-0.15, -0.1) is 0 Å². The van der Waals surface area contributed by atoms with Gasteiger partial charge in [0.2, 0.25) is 0 Å². The molecule has 3 aliphatic carbocycles. The molecule has 4 atom stereocenters. The van der Waals surface area contributed by atoms with Gasteiger partial charge < -0.3 is 14.4 Å². The largest absolute Gasteiger partial charge is 0.444 e. The molecule has 1 saturated heterocycles. The molecule has 0 spiro atoms. The Morgan fingerprint density at radius 2 is 1.56 bits per heavy atom. The molecule has 9 heteroatoms. The van der Waals surface area contributed by atoms with Crippen molar-refractivity contribution in [1.82, 2.24) is 19.6 Å². The molecule has 0 bridgehead atoms. The van der Waals surface area contributed by atoms with E-state index in [2.05, 4.69) is 39.1 Å². The Bertz CT molecular complexity index is 1320. The summed E-state index contributed by atoms with van der Waals surface area (Å²) in [6.07, 6.45) is 22.8. The minimum Gasteiger partial charge on any atom is -0.444 e. The Morgan fingerprint density at radius 3 is 2.28 bits per heavy atom. The molecule has 0 aromatic heterocycles. The van der Waals surface area contributed by atoms with Crippen molar-refractivity contribution in [3.63, 3.8) is 0 Å². The Hall–Kier alpha value is -2.65. The lowest BCUT2D eigenvalue weighted by molar-refractivity contribution is 0.00738. The van der Waals surface area contributed by atoms with E-state index in [1.54, 1.807) is 0 Å². The predicted octanol–water partition coefficient (Wildman–Crippen LogP) is 7.97. The van der Waals surface area contributed by atoms with E-state index in [-0.39, 0.29) is 24.3 Å². The lowest BCUT2D eigenvalue weighted by Gasteiger charge is -2.48. The fraction of sp³-hybridized carbons (Fsp3) is 0.780. The number of amides is 2. The van der Waals surface area contributed by atoms with E-state index in [0.29, 0.717) is 37.5 Å². The smallest absolute Gasteiger partial charge is 0.410 e. The number of rotatable bonds is 6. The number of fused-ring (bicyclic) bond motifs is 1. The number of carbonyl (C=O) groups is 2. The molecule has 2 saturated carbocycles. The maximum absolute atomic E-state index is 14.0. The van der Waals surface area contributed by atoms with E-state index in [1.807, 2.05) is 46.4 Å². The summed E-state index contributed by atoms with van der Waals surface area (Å²) < 4.78 is 11.8. The SMILES string of the molecule is CC(C)(C)OC(=O)N1CCN([C@@H]2CC=CC3=C2CC(CN(CC2CCCCC2)[C@H]2CCCC4CCC=CN=C42)N(C(=O)OC(C)(C)C)C3)CC1. The van der Waals surface area contributed by atoms with Gasteiger partial charge in [-0.3, -0.25) is 19.7 Å². The Balaban J connectivity index is 1.26. The van der Waals surface area contributed by atoms with Crippen LogP contribution < -0.4 is 0 Å². The van der Waals surface area contributed by atoms with Crippen LogP contribution in [0.15, 0.2) is 40.6 Å². The van der Waals surface area contributed by atoms with Gasteiger partial charge in [-0.25, -0.2) is 9.59 Å². The summed E-state index contributed by atoms with van der Waals surface area (Å²) in [5.41, 5.74) is 3.06. The van der Waals surface area contributed by atoms with Gasteiger partial charge >= 0.3 is 12.2 Å². The van der Waals surface area contributed by atoms with E-state index in [9.17, 15) is 9.59 Å². The molecular weight excluding hydrogens is 626 g/mol. The van der Waals surface area contributed by atoms with Gasteiger partial charge in [-0.1, -0.05) is 43.9 Å². The molecule has 0 radical (unpaired) electrons. The van der Waals surface area contributed by atoms with Crippen LogP contribution >= 0.6 is 0 Å². The normalized spacial score (nSPS) is 28.6. The summed E-state index contributed by atoms with van der Waals surface area (Å²) >= 11 is 0. The zero-order valence-corrected chi connectivity index (χ0v) is 32.0. The maximum atomic E-state index is 14.0. The highest BCUT2D eigenvalue weighted by Gasteiger charge is 2.42. The van der Waals surface area contributed by atoms with Crippen LogP contribution in [0.1, 0.15) is 119 Å². The monoisotopic (exact) mass is 692 g/mol. The molecular formula is C41H65N5O4. The Labute approximate surface area is 302 Å². The van der Waals surface area contributed by atoms with E-state index in [0.717, 1.165) is 51.9 Å². The standard InChI is InChI=1S/C41H65N5O4/c1-40(2,3)49-38(47)44-24-22-43(23-25-44)35-19-13-18-32-28-46(39(48)50-41(4,5)6)33(26-34(32)35)29-45(27-30-14-8-7-9-15-30)36-20-12-17-31-16-10-11-21-42-37(31)36/h11,13,18,21,30-31,33,35-36H,7-10,12,14-17,19-20,22-29H2,1-6H3/t31?,33?,35-,36+/m1/s1. The third-order valence-corrected chi connectivity index (χ3v) is 11.7. The van der Waals surface area contributed by atoms with E-state index >= 15 is 0 Å². The number of allylic oxidation sites excluding steroid dienone is 1. The van der Waals surface area contributed by atoms with Gasteiger partial charge in [-0.05, 0) is 116 Å². The topological polar surface area (TPSA) is 77.9 Å². The first-order valence-corrected chi connectivity index (χ1v) is 19.9. The van der Waals surface area contributed by atoms with Gasteiger partial charge in [0.05, 0.1) is 6.04 Å². The molecule has 0 aromatic carbocycles. The number of carbonyl (C=O) groups excluding carboxylic acids is 2. The quantitative estimate of drug-likeness (QED) is 0.281. The average molecular weight is 692 g/mol. The number of hydrogen-bond donors (Lipinski definition) is 0. The first-order chi connectivity index (χ1) is 23.8. The minimum absolute atomic E-state index is 0.0199. The fourth-order valence-corrected chi connectivity index (χ4v) is 9.30. The zero-order chi connectivity index (χ0) is 35.5. The number of aliphatic imine (C=N–C) groups is 1. The lowest BCUT2D eigenvalue weighted by Crippen LogP contribution is -2.58. The second kappa shape index (κ2) is 15.9. The highest BCUT2D eigenvalue weighted by Crippen LogP contribution is 2.38. The molecule has 9 nitrogen and oxygen atoms in total. The molecule has 6 aliphatic rings. The molecule has 3 heterocycles. The van der Waals surface area contributed by atoms with Gasteiger partial charge in [0.1, 0.15) is 11.2 Å². The summed E-state index contributed by atoms with van der Waals surface area (Å²) in [7, 11) is 0. The number of nitrogens with zero attached hydrogens (tertiary/aromatic N) is 5. The highest BCUT2D eigenvalue weighted by atomic mass is 16.6.